The molecule has 2 heterocycles. The molecule has 0 aromatic heterocycles. The van der Waals surface area contributed by atoms with Crippen molar-refractivity contribution in [2.75, 3.05) is 12.1 Å². The lowest BCUT2D eigenvalue weighted by atomic mass is 9.86. The van der Waals surface area contributed by atoms with Gasteiger partial charge in [0.1, 0.15) is 19.0 Å². The Morgan fingerprint density at radius 3 is 2.62 bits per heavy atom. The van der Waals surface area contributed by atoms with Gasteiger partial charge in [-0.05, 0) is 35.2 Å². The van der Waals surface area contributed by atoms with E-state index in [2.05, 4.69) is 31.3 Å². The summed E-state index contributed by atoms with van der Waals surface area (Å²) in [6.45, 7) is 4.49. The second-order valence-electron chi connectivity index (χ2n) is 6.63. The molecule has 2 aliphatic heterocycles. The molecule has 3 atom stereocenters. The molecule has 1 saturated heterocycles. The van der Waals surface area contributed by atoms with E-state index in [4.69, 9.17) is 9.47 Å². The van der Waals surface area contributed by atoms with Crippen LogP contribution in [0.15, 0.2) is 36.4 Å². The summed E-state index contributed by atoms with van der Waals surface area (Å²) < 4.78 is 38.4. The van der Waals surface area contributed by atoms with E-state index in [0.29, 0.717) is 11.5 Å². The zero-order chi connectivity index (χ0) is 16.8. The van der Waals surface area contributed by atoms with Gasteiger partial charge in [-0.1, -0.05) is 32.0 Å². The van der Waals surface area contributed by atoms with Crippen LogP contribution in [0.4, 0.5) is 14.5 Å². The molecule has 5 heteroatoms. The van der Waals surface area contributed by atoms with Gasteiger partial charge in [0.25, 0.3) is 0 Å². The van der Waals surface area contributed by atoms with Gasteiger partial charge >= 0.3 is 0 Å². The number of halogens is 2. The Hall–Kier alpha value is -1.98. The molecule has 0 spiro atoms. The average Bonchev–Trinajstić information content (AvgIpc) is 3.06. The Bertz CT molecular complexity index is 778. The largest absolute Gasteiger partial charge is 0.375 e. The van der Waals surface area contributed by atoms with Crippen molar-refractivity contribution in [3.63, 3.8) is 0 Å². The first-order valence-corrected chi connectivity index (χ1v) is 8.13. The van der Waals surface area contributed by atoms with E-state index in [1.807, 2.05) is 6.07 Å². The third-order valence-corrected chi connectivity index (χ3v) is 4.80. The van der Waals surface area contributed by atoms with Crippen molar-refractivity contribution in [2.24, 2.45) is 0 Å². The summed E-state index contributed by atoms with van der Waals surface area (Å²) in [6.07, 6.45) is -0.483. The van der Waals surface area contributed by atoms with E-state index >= 15 is 0 Å². The van der Waals surface area contributed by atoms with Crippen LogP contribution in [-0.2, 0) is 9.47 Å². The Morgan fingerprint density at radius 1 is 1.04 bits per heavy atom. The molecule has 2 aliphatic rings. The van der Waals surface area contributed by atoms with Gasteiger partial charge < -0.3 is 14.8 Å². The fourth-order valence-electron chi connectivity index (χ4n) is 3.45. The van der Waals surface area contributed by atoms with Crippen LogP contribution in [0.1, 0.15) is 48.6 Å². The van der Waals surface area contributed by atoms with E-state index in [1.54, 1.807) is 6.07 Å². The minimum atomic E-state index is -0.856. The first kappa shape index (κ1) is 15.5. The Morgan fingerprint density at radius 2 is 1.88 bits per heavy atom. The molecule has 2 aromatic rings. The fourth-order valence-corrected chi connectivity index (χ4v) is 3.45. The highest BCUT2D eigenvalue weighted by molar-refractivity contribution is 5.59. The highest BCUT2D eigenvalue weighted by atomic mass is 19.2. The number of fused-ring (bicyclic) bond motifs is 3. The van der Waals surface area contributed by atoms with Gasteiger partial charge in [0.15, 0.2) is 11.6 Å². The summed E-state index contributed by atoms with van der Waals surface area (Å²) in [6, 6.07) is 9.91. The highest BCUT2D eigenvalue weighted by Gasteiger charge is 2.43. The van der Waals surface area contributed by atoms with Crippen LogP contribution in [0.25, 0.3) is 0 Å². The van der Waals surface area contributed by atoms with Crippen LogP contribution in [-0.4, -0.2) is 12.9 Å². The normalized spacial score (nSPS) is 25.3. The SMILES string of the molecule is CC(C)c1ccc2c(c1)C1OCOC1C(c1ccc(F)c(F)c1)N2. The molecule has 0 aliphatic carbocycles. The van der Waals surface area contributed by atoms with Gasteiger partial charge in [-0.2, -0.15) is 0 Å². The molecule has 0 radical (unpaired) electrons. The number of hydrogen-bond acceptors (Lipinski definition) is 3. The first-order chi connectivity index (χ1) is 11.5. The monoisotopic (exact) mass is 331 g/mol. The summed E-state index contributed by atoms with van der Waals surface area (Å²) in [5, 5.41) is 3.40. The smallest absolute Gasteiger partial charge is 0.159 e. The van der Waals surface area contributed by atoms with Gasteiger partial charge in [0, 0.05) is 11.3 Å². The summed E-state index contributed by atoms with van der Waals surface area (Å²) in [4.78, 5) is 0. The Kier molecular flexibility index (Phi) is 3.77. The second kappa shape index (κ2) is 5.83. The lowest BCUT2D eigenvalue weighted by Gasteiger charge is -2.35. The zero-order valence-electron chi connectivity index (χ0n) is 13.6. The van der Waals surface area contributed by atoms with Crippen molar-refractivity contribution in [3.8, 4) is 0 Å². The Balaban J connectivity index is 1.75. The van der Waals surface area contributed by atoms with E-state index in [9.17, 15) is 8.78 Å². The summed E-state index contributed by atoms with van der Waals surface area (Å²) >= 11 is 0. The third kappa shape index (κ3) is 2.48. The number of rotatable bonds is 2. The molecular formula is C19H19F2NO2. The van der Waals surface area contributed by atoms with Crippen molar-refractivity contribution in [1.29, 1.82) is 0 Å². The quantitative estimate of drug-likeness (QED) is 0.867. The molecule has 4 rings (SSSR count). The van der Waals surface area contributed by atoms with Crippen LogP contribution in [0.2, 0.25) is 0 Å². The van der Waals surface area contributed by atoms with Crippen LogP contribution >= 0.6 is 0 Å². The van der Waals surface area contributed by atoms with Gasteiger partial charge in [-0.3, -0.25) is 0 Å². The van der Waals surface area contributed by atoms with Gasteiger partial charge in [-0.15, -0.1) is 0 Å². The predicted molar refractivity (Wildman–Crippen MR) is 86.8 cm³/mol. The molecule has 3 unspecified atom stereocenters. The number of nitrogens with one attached hydrogen (secondary N) is 1. The van der Waals surface area contributed by atoms with Crippen molar-refractivity contribution >= 4 is 5.69 Å². The van der Waals surface area contributed by atoms with Gasteiger partial charge in [-0.25, -0.2) is 8.78 Å². The molecule has 3 nitrogen and oxygen atoms in total. The van der Waals surface area contributed by atoms with Crippen molar-refractivity contribution in [1.82, 2.24) is 0 Å². The molecular weight excluding hydrogens is 312 g/mol. The standard InChI is InChI=1S/C19H19F2NO2/c1-10(2)11-4-6-16-13(7-11)18-19(24-9-23-18)17(22-16)12-3-5-14(20)15(21)8-12/h3-8,10,17-19,22H,9H2,1-2H3. The third-order valence-electron chi connectivity index (χ3n) is 4.80. The van der Waals surface area contributed by atoms with Crippen molar-refractivity contribution in [2.45, 2.75) is 38.0 Å². The minimum Gasteiger partial charge on any atom is -0.375 e. The van der Waals surface area contributed by atoms with Crippen LogP contribution in [0.3, 0.4) is 0 Å². The lowest BCUT2D eigenvalue weighted by Crippen LogP contribution is -2.34. The van der Waals surface area contributed by atoms with E-state index in [0.717, 1.165) is 17.3 Å². The number of hydrogen-bond donors (Lipinski definition) is 1. The lowest BCUT2D eigenvalue weighted by molar-refractivity contribution is 0.0367. The first-order valence-electron chi connectivity index (χ1n) is 8.13. The molecule has 0 bridgehead atoms. The van der Waals surface area contributed by atoms with E-state index < -0.39 is 11.6 Å². The topological polar surface area (TPSA) is 30.5 Å². The average molecular weight is 331 g/mol. The van der Waals surface area contributed by atoms with Crippen LogP contribution in [0.5, 0.6) is 0 Å². The van der Waals surface area contributed by atoms with Crippen molar-refractivity contribution < 1.29 is 18.3 Å². The highest BCUT2D eigenvalue weighted by Crippen LogP contribution is 2.46. The maximum Gasteiger partial charge on any atom is 0.159 e. The van der Waals surface area contributed by atoms with Gasteiger partial charge in [0.2, 0.25) is 0 Å². The number of benzene rings is 2. The molecule has 24 heavy (non-hydrogen) atoms. The Labute approximate surface area is 139 Å². The number of anilines is 1. The van der Waals surface area contributed by atoms with E-state index in [-0.39, 0.29) is 25.0 Å². The fraction of sp³-hybridized carbons (Fsp3) is 0.368. The summed E-state index contributed by atoms with van der Waals surface area (Å²) in [5.74, 6) is -1.29. The minimum absolute atomic E-state index is 0.197. The predicted octanol–water partition coefficient (Wildman–Crippen LogP) is 4.67. The zero-order valence-corrected chi connectivity index (χ0v) is 13.6. The second-order valence-corrected chi connectivity index (χ2v) is 6.63. The van der Waals surface area contributed by atoms with E-state index in [1.165, 1.54) is 11.6 Å². The summed E-state index contributed by atoms with van der Waals surface area (Å²) in [5.41, 5.74) is 3.88. The van der Waals surface area contributed by atoms with Crippen LogP contribution < -0.4 is 5.32 Å². The molecule has 0 saturated carbocycles. The molecule has 1 N–H and O–H groups in total. The maximum absolute atomic E-state index is 13.6. The maximum atomic E-state index is 13.6. The summed E-state index contributed by atoms with van der Waals surface area (Å²) in [7, 11) is 0. The molecule has 0 amide bonds. The van der Waals surface area contributed by atoms with Crippen LogP contribution in [0, 0.1) is 11.6 Å². The molecule has 2 aromatic carbocycles. The number of ether oxygens (including phenoxy) is 2. The molecule has 1 fully saturated rings. The molecule has 126 valence electrons. The van der Waals surface area contributed by atoms with Gasteiger partial charge in [0.05, 0.1) is 6.04 Å². The van der Waals surface area contributed by atoms with Crippen molar-refractivity contribution in [3.05, 3.63) is 64.7 Å².